The highest BCUT2D eigenvalue weighted by atomic mass is 16.2. The summed E-state index contributed by atoms with van der Waals surface area (Å²) in [6, 6.07) is 13.9. The van der Waals surface area contributed by atoms with E-state index in [1.165, 1.54) is 0 Å². The fourth-order valence-electron chi connectivity index (χ4n) is 3.03. The first kappa shape index (κ1) is 18.6. The Hall–Kier alpha value is -3.75. The number of rotatable bonds is 5. The highest BCUT2D eigenvalue weighted by molar-refractivity contribution is 5.96. The number of fused-ring (bicyclic) bond motifs is 1. The highest BCUT2D eigenvalue weighted by Crippen LogP contribution is 2.18. The predicted molar refractivity (Wildman–Crippen MR) is 113 cm³/mol. The standard InChI is InChI=1S/C20H24N8O/c1-12(2)23-20(29)21-10-13-3-5-14(6-4-13)18-25-19(28-27-18)24-16-7-8-17-15(9-16)11-22-26-17/h3-9,11-12,18,27H,10H2,1-2H3,(H,22,26)(H2,21,23,29)(H2,24,25,28). The molecule has 1 aromatic heterocycles. The Balaban J connectivity index is 1.30. The third-order valence-electron chi connectivity index (χ3n) is 4.48. The van der Waals surface area contributed by atoms with Crippen LogP contribution in [0.1, 0.15) is 31.1 Å². The number of carbonyl (C=O) groups is 1. The van der Waals surface area contributed by atoms with Crippen molar-refractivity contribution in [2.75, 3.05) is 5.32 Å². The van der Waals surface area contributed by atoms with E-state index in [-0.39, 0.29) is 18.2 Å². The monoisotopic (exact) mass is 392 g/mol. The minimum atomic E-state index is -0.166. The van der Waals surface area contributed by atoms with Crippen LogP contribution in [0.15, 0.2) is 53.8 Å². The van der Waals surface area contributed by atoms with Crippen LogP contribution in [0.25, 0.3) is 10.9 Å². The molecule has 1 aliphatic heterocycles. The number of carbonyl (C=O) groups excluding carboxylic acids is 1. The van der Waals surface area contributed by atoms with Crippen molar-refractivity contribution in [2.24, 2.45) is 5.10 Å². The summed E-state index contributed by atoms with van der Waals surface area (Å²) >= 11 is 0. The Bertz CT molecular complexity index is 1020. The maximum atomic E-state index is 11.7. The van der Waals surface area contributed by atoms with Crippen molar-refractivity contribution in [1.82, 2.24) is 31.6 Å². The van der Waals surface area contributed by atoms with Crippen molar-refractivity contribution in [1.29, 1.82) is 0 Å². The predicted octanol–water partition coefficient (Wildman–Crippen LogP) is 2.34. The minimum absolute atomic E-state index is 0.112. The normalized spacial score (nSPS) is 15.6. The maximum Gasteiger partial charge on any atom is 0.315 e. The van der Waals surface area contributed by atoms with Crippen molar-refractivity contribution < 1.29 is 4.79 Å². The number of hydrogen-bond acceptors (Lipinski definition) is 6. The van der Waals surface area contributed by atoms with Gasteiger partial charge in [-0.05, 0) is 43.2 Å². The van der Waals surface area contributed by atoms with E-state index < -0.39 is 0 Å². The summed E-state index contributed by atoms with van der Waals surface area (Å²) in [5, 5.41) is 24.5. The van der Waals surface area contributed by atoms with Crippen LogP contribution >= 0.6 is 0 Å². The van der Waals surface area contributed by atoms with Gasteiger partial charge in [0.2, 0.25) is 5.96 Å². The molecule has 0 aliphatic carbocycles. The van der Waals surface area contributed by atoms with E-state index in [1.807, 2.05) is 56.3 Å². The zero-order valence-corrected chi connectivity index (χ0v) is 16.3. The molecule has 0 fully saturated rings. The number of amides is 2. The van der Waals surface area contributed by atoms with E-state index in [4.69, 9.17) is 0 Å². The lowest BCUT2D eigenvalue weighted by atomic mass is 10.1. The molecule has 6 N–H and O–H groups in total. The zero-order valence-electron chi connectivity index (χ0n) is 16.3. The fraction of sp³-hybridized carbons (Fsp3) is 0.250. The Kier molecular flexibility index (Phi) is 5.19. The molecule has 1 atom stereocenters. The Morgan fingerprint density at radius 3 is 2.79 bits per heavy atom. The van der Waals surface area contributed by atoms with Gasteiger partial charge in [0.1, 0.15) is 6.17 Å². The van der Waals surface area contributed by atoms with E-state index in [0.29, 0.717) is 12.5 Å². The van der Waals surface area contributed by atoms with Crippen LogP contribution in [0.3, 0.4) is 0 Å². The van der Waals surface area contributed by atoms with Crippen LogP contribution in [0.2, 0.25) is 0 Å². The third-order valence-corrected chi connectivity index (χ3v) is 4.48. The van der Waals surface area contributed by atoms with E-state index in [2.05, 4.69) is 42.0 Å². The van der Waals surface area contributed by atoms with Crippen molar-refractivity contribution in [3.05, 3.63) is 59.8 Å². The van der Waals surface area contributed by atoms with Gasteiger partial charge in [0, 0.05) is 23.7 Å². The van der Waals surface area contributed by atoms with Gasteiger partial charge in [-0.3, -0.25) is 10.5 Å². The van der Waals surface area contributed by atoms with Crippen LogP contribution < -0.4 is 26.7 Å². The van der Waals surface area contributed by atoms with Crippen LogP contribution in [-0.2, 0) is 6.54 Å². The lowest BCUT2D eigenvalue weighted by Gasteiger charge is -2.14. The SMILES string of the molecule is CC(C)NC(=O)NCc1ccc(C2NN=C(Nc3ccc4[nH]ncc4c3)N2)cc1. The van der Waals surface area contributed by atoms with E-state index >= 15 is 0 Å². The number of benzene rings is 2. The van der Waals surface area contributed by atoms with Gasteiger partial charge < -0.3 is 21.3 Å². The first-order valence-corrected chi connectivity index (χ1v) is 9.50. The van der Waals surface area contributed by atoms with E-state index in [0.717, 1.165) is 27.7 Å². The van der Waals surface area contributed by atoms with Crippen LogP contribution in [-0.4, -0.2) is 28.2 Å². The van der Waals surface area contributed by atoms with Gasteiger partial charge >= 0.3 is 6.03 Å². The second-order valence-corrected chi connectivity index (χ2v) is 7.19. The molecule has 0 bridgehead atoms. The number of nitrogens with zero attached hydrogens (tertiary/aromatic N) is 2. The third kappa shape index (κ3) is 4.57. The molecule has 2 aromatic carbocycles. The zero-order chi connectivity index (χ0) is 20.2. The number of nitrogens with one attached hydrogen (secondary N) is 6. The molecular weight excluding hydrogens is 368 g/mol. The lowest BCUT2D eigenvalue weighted by Crippen LogP contribution is -2.39. The fourth-order valence-corrected chi connectivity index (χ4v) is 3.03. The first-order chi connectivity index (χ1) is 14.1. The van der Waals surface area contributed by atoms with E-state index in [9.17, 15) is 4.79 Å². The molecular formula is C20H24N8O. The van der Waals surface area contributed by atoms with Crippen LogP contribution in [0.4, 0.5) is 10.5 Å². The first-order valence-electron chi connectivity index (χ1n) is 9.50. The molecule has 150 valence electrons. The Morgan fingerprint density at radius 1 is 1.17 bits per heavy atom. The summed E-state index contributed by atoms with van der Waals surface area (Å²) in [5.41, 5.74) is 7.07. The summed E-state index contributed by atoms with van der Waals surface area (Å²) < 4.78 is 0. The summed E-state index contributed by atoms with van der Waals surface area (Å²) in [6.45, 7) is 4.33. The molecule has 2 amide bonds. The number of anilines is 1. The van der Waals surface area contributed by atoms with Crippen molar-refractivity contribution in [3.8, 4) is 0 Å². The molecule has 0 spiro atoms. The van der Waals surface area contributed by atoms with Crippen LogP contribution in [0, 0.1) is 0 Å². The Morgan fingerprint density at radius 2 is 2.00 bits per heavy atom. The second kappa shape index (κ2) is 8.09. The second-order valence-electron chi connectivity index (χ2n) is 7.19. The Labute approximate surface area is 168 Å². The van der Waals surface area contributed by atoms with Crippen LogP contribution in [0.5, 0.6) is 0 Å². The van der Waals surface area contributed by atoms with Gasteiger partial charge in [0.05, 0.1) is 11.7 Å². The van der Waals surface area contributed by atoms with E-state index in [1.54, 1.807) is 6.20 Å². The van der Waals surface area contributed by atoms with Gasteiger partial charge in [-0.2, -0.15) is 5.10 Å². The summed E-state index contributed by atoms with van der Waals surface area (Å²) in [7, 11) is 0. The largest absolute Gasteiger partial charge is 0.336 e. The average molecular weight is 392 g/mol. The number of hydrazone groups is 1. The quantitative estimate of drug-likeness (QED) is 0.398. The molecule has 0 saturated heterocycles. The minimum Gasteiger partial charge on any atom is -0.336 e. The number of guanidine groups is 1. The van der Waals surface area contributed by atoms with Gasteiger partial charge in [-0.25, -0.2) is 4.79 Å². The lowest BCUT2D eigenvalue weighted by molar-refractivity contribution is 0.238. The van der Waals surface area contributed by atoms with Crippen molar-refractivity contribution >= 4 is 28.6 Å². The number of aromatic nitrogens is 2. The maximum absolute atomic E-state index is 11.7. The summed E-state index contributed by atoms with van der Waals surface area (Å²) in [6.07, 6.45) is 1.66. The number of H-pyrrole nitrogens is 1. The molecule has 1 unspecified atom stereocenters. The molecule has 9 heteroatoms. The molecule has 2 heterocycles. The molecule has 3 aromatic rings. The summed E-state index contributed by atoms with van der Waals surface area (Å²) in [5.74, 6) is 0.647. The molecule has 4 rings (SSSR count). The average Bonchev–Trinajstić information content (AvgIpc) is 3.35. The van der Waals surface area contributed by atoms with Gasteiger partial charge in [0.25, 0.3) is 0 Å². The number of urea groups is 1. The smallest absolute Gasteiger partial charge is 0.315 e. The van der Waals surface area contributed by atoms with Gasteiger partial charge in [-0.1, -0.05) is 24.3 Å². The molecule has 9 nitrogen and oxygen atoms in total. The molecule has 0 radical (unpaired) electrons. The topological polar surface area (TPSA) is 118 Å². The van der Waals surface area contributed by atoms with Crippen molar-refractivity contribution in [2.45, 2.75) is 32.6 Å². The van der Waals surface area contributed by atoms with Gasteiger partial charge in [0.15, 0.2) is 0 Å². The number of aromatic amines is 1. The van der Waals surface area contributed by atoms with Crippen molar-refractivity contribution in [3.63, 3.8) is 0 Å². The highest BCUT2D eigenvalue weighted by Gasteiger charge is 2.18. The number of hydrogen-bond donors (Lipinski definition) is 6. The summed E-state index contributed by atoms with van der Waals surface area (Å²) in [4.78, 5) is 11.7. The van der Waals surface area contributed by atoms with Gasteiger partial charge in [-0.15, -0.1) is 5.10 Å². The molecule has 1 aliphatic rings. The molecule has 29 heavy (non-hydrogen) atoms. The molecule has 0 saturated carbocycles.